The Bertz CT molecular complexity index is 937. The molecule has 0 bridgehead atoms. The van der Waals surface area contributed by atoms with E-state index in [1.165, 1.54) is 4.31 Å². The van der Waals surface area contributed by atoms with E-state index in [9.17, 15) is 18.0 Å². The van der Waals surface area contributed by atoms with Crippen molar-refractivity contribution in [1.82, 2.24) is 19.4 Å². The molecule has 0 aromatic heterocycles. The highest BCUT2D eigenvalue weighted by atomic mass is 32.2. The fourth-order valence-corrected chi connectivity index (χ4v) is 5.62. The number of hydrogen-bond donors (Lipinski definition) is 1. The van der Waals surface area contributed by atoms with E-state index in [-0.39, 0.29) is 22.2 Å². The normalized spacial score (nSPS) is 19.0. The molecule has 9 nitrogen and oxygen atoms in total. The second kappa shape index (κ2) is 11.6. The number of benzene rings is 1. The molecule has 0 radical (unpaired) electrons. The highest BCUT2D eigenvalue weighted by Gasteiger charge is 2.26. The van der Waals surface area contributed by atoms with Crippen LogP contribution >= 0.6 is 0 Å². The third-order valence-electron chi connectivity index (χ3n) is 5.98. The van der Waals surface area contributed by atoms with Crippen LogP contribution in [0.3, 0.4) is 0 Å². The van der Waals surface area contributed by atoms with Gasteiger partial charge in [-0.1, -0.05) is 12.1 Å². The third kappa shape index (κ3) is 7.76. The Kier molecular flexibility index (Phi) is 9.08. The Morgan fingerprint density at radius 3 is 2.29 bits per heavy atom. The number of carbonyl (C=O) groups excluding carboxylic acids is 2. The third-order valence-corrected chi connectivity index (χ3v) is 7.89. The molecular formula is C24H38N4O5S. The lowest BCUT2D eigenvalue weighted by Gasteiger charge is -2.26. The first-order chi connectivity index (χ1) is 16.0. The monoisotopic (exact) mass is 494 g/mol. The molecule has 10 heteroatoms. The number of rotatable bonds is 7. The zero-order valence-corrected chi connectivity index (χ0v) is 21.4. The van der Waals surface area contributed by atoms with Crippen molar-refractivity contribution < 1.29 is 22.7 Å². The van der Waals surface area contributed by atoms with Crippen molar-refractivity contribution >= 4 is 21.8 Å². The van der Waals surface area contributed by atoms with Gasteiger partial charge >= 0.3 is 0 Å². The number of nitrogens with zero attached hydrogens (tertiary/aromatic N) is 3. The second-order valence-electron chi connectivity index (χ2n) is 9.97. The van der Waals surface area contributed by atoms with Crippen LogP contribution in [0.15, 0.2) is 29.2 Å². The summed E-state index contributed by atoms with van der Waals surface area (Å²) in [5.41, 5.74) is 0.681. The molecule has 0 unspecified atom stereocenters. The van der Waals surface area contributed by atoms with Crippen LogP contribution in [0.5, 0.6) is 0 Å². The first-order valence-electron chi connectivity index (χ1n) is 12.0. The summed E-state index contributed by atoms with van der Waals surface area (Å²) in [5.74, 6) is 0.0948. The molecule has 1 aromatic rings. The maximum atomic E-state index is 12.8. The number of ether oxygens (including phenoxy) is 1. The Labute approximate surface area is 203 Å². The fraction of sp³-hybridized carbons (Fsp3) is 0.667. The smallest absolute Gasteiger partial charge is 0.243 e. The molecular weight excluding hydrogens is 456 g/mol. The Hall–Kier alpha value is -2.01. The molecule has 2 aliphatic rings. The summed E-state index contributed by atoms with van der Waals surface area (Å²) in [6.07, 6.45) is 1.77. The summed E-state index contributed by atoms with van der Waals surface area (Å²) >= 11 is 0. The van der Waals surface area contributed by atoms with Crippen LogP contribution in [-0.4, -0.2) is 98.9 Å². The van der Waals surface area contributed by atoms with Crippen LogP contribution in [0.2, 0.25) is 0 Å². The van der Waals surface area contributed by atoms with Gasteiger partial charge in [-0.15, -0.1) is 0 Å². The number of hydrogen-bond acceptors (Lipinski definition) is 6. The van der Waals surface area contributed by atoms with Gasteiger partial charge in [0.25, 0.3) is 0 Å². The first-order valence-corrected chi connectivity index (χ1v) is 13.5. The van der Waals surface area contributed by atoms with Crippen LogP contribution in [0.1, 0.15) is 39.2 Å². The number of carbonyl (C=O) groups is 2. The molecule has 2 saturated heterocycles. The summed E-state index contributed by atoms with van der Waals surface area (Å²) in [4.78, 5) is 29.2. The van der Waals surface area contributed by atoms with E-state index in [2.05, 4.69) is 10.2 Å². The van der Waals surface area contributed by atoms with Gasteiger partial charge < -0.3 is 15.0 Å². The summed E-state index contributed by atoms with van der Waals surface area (Å²) in [5, 5.41) is 2.98. The molecule has 34 heavy (non-hydrogen) atoms. The van der Waals surface area contributed by atoms with Gasteiger partial charge in [0.05, 0.1) is 24.7 Å². The summed E-state index contributed by atoms with van der Waals surface area (Å²) in [7, 11) is -3.51. The van der Waals surface area contributed by atoms with Gasteiger partial charge in [0, 0.05) is 51.2 Å². The minimum atomic E-state index is -3.51. The van der Waals surface area contributed by atoms with Gasteiger partial charge in [-0.25, -0.2) is 8.42 Å². The van der Waals surface area contributed by atoms with Crippen LogP contribution in [-0.2, 0) is 30.8 Å². The number of aryl methyl sites for hydroxylation is 1. The largest absolute Gasteiger partial charge is 0.379 e. The molecule has 2 heterocycles. The molecule has 190 valence electrons. The van der Waals surface area contributed by atoms with E-state index in [1.54, 1.807) is 24.3 Å². The topological polar surface area (TPSA) is 99.3 Å². The van der Waals surface area contributed by atoms with Crippen molar-refractivity contribution in [2.24, 2.45) is 0 Å². The fourth-order valence-electron chi connectivity index (χ4n) is 4.21. The SMILES string of the molecule is CC(C)(C)NC(=O)CN1CCCN(C(=O)CCc2ccc(S(=O)(=O)N3CCOCC3)cc2)CC1. The van der Waals surface area contributed by atoms with Gasteiger partial charge in [-0.2, -0.15) is 4.31 Å². The van der Waals surface area contributed by atoms with Crippen LogP contribution in [0.25, 0.3) is 0 Å². The summed E-state index contributed by atoms with van der Waals surface area (Å²) < 4.78 is 32.2. The van der Waals surface area contributed by atoms with Crippen LogP contribution in [0, 0.1) is 0 Å². The number of morpholine rings is 1. The van der Waals surface area contributed by atoms with E-state index in [4.69, 9.17) is 4.74 Å². The Morgan fingerprint density at radius 1 is 0.971 bits per heavy atom. The predicted octanol–water partition coefficient (Wildman–Crippen LogP) is 1.09. The van der Waals surface area contributed by atoms with E-state index in [0.29, 0.717) is 65.3 Å². The first kappa shape index (κ1) is 26.6. The highest BCUT2D eigenvalue weighted by Crippen LogP contribution is 2.18. The molecule has 2 fully saturated rings. The van der Waals surface area contributed by atoms with E-state index >= 15 is 0 Å². The minimum Gasteiger partial charge on any atom is -0.379 e. The van der Waals surface area contributed by atoms with Gasteiger partial charge in [-0.3, -0.25) is 14.5 Å². The van der Waals surface area contributed by atoms with Crippen LogP contribution < -0.4 is 5.32 Å². The van der Waals surface area contributed by atoms with Gasteiger partial charge in [0.2, 0.25) is 21.8 Å². The van der Waals surface area contributed by atoms with Crippen molar-refractivity contribution in [3.8, 4) is 0 Å². The molecule has 0 spiro atoms. The number of amides is 2. The zero-order chi connectivity index (χ0) is 24.8. The lowest BCUT2D eigenvalue weighted by Crippen LogP contribution is -2.46. The average molecular weight is 495 g/mol. The van der Waals surface area contributed by atoms with Crippen molar-refractivity contribution in [2.45, 2.75) is 50.5 Å². The molecule has 1 aromatic carbocycles. The zero-order valence-electron chi connectivity index (χ0n) is 20.6. The van der Waals surface area contributed by atoms with Gasteiger partial charge in [-0.05, 0) is 51.3 Å². The molecule has 0 aliphatic carbocycles. The van der Waals surface area contributed by atoms with E-state index in [1.807, 2.05) is 25.7 Å². The predicted molar refractivity (Wildman–Crippen MR) is 130 cm³/mol. The maximum absolute atomic E-state index is 12.8. The molecule has 2 aliphatic heterocycles. The Balaban J connectivity index is 1.46. The quantitative estimate of drug-likeness (QED) is 0.609. The number of sulfonamides is 1. The molecule has 0 saturated carbocycles. The average Bonchev–Trinajstić information content (AvgIpc) is 3.02. The highest BCUT2D eigenvalue weighted by molar-refractivity contribution is 7.89. The molecule has 2 amide bonds. The molecule has 0 atom stereocenters. The minimum absolute atomic E-state index is 0.00589. The Morgan fingerprint density at radius 2 is 1.65 bits per heavy atom. The lowest BCUT2D eigenvalue weighted by molar-refractivity contribution is -0.131. The summed E-state index contributed by atoms with van der Waals surface area (Å²) in [6, 6.07) is 6.82. The summed E-state index contributed by atoms with van der Waals surface area (Å²) in [6.45, 7) is 10.6. The lowest BCUT2D eigenvalue weighted by atomic mass is 10.1. The van der Waals surface area contributed by atoms with Crippen molar-refractivity contribution in [3.63, 3.8) is 0 Å². The molecule has 3 rings (SSSR count). The van der Waals surface area contributed by atoms with Crippen molar-refractivity contribution in [1.29, 1.82) is 0 Å². The van der Waals surface area contributed by atoms with Crippen molar-refractivity contribution in [2.75, 3.05) is 59.0 Å². The van der Waals surface area contributed by atoms with E-state index < -0.39 is 10.0 Å². The van der Waals surface area contributed by atoms with Gasteiger partial charge in [0.1, 0.15) is 0 Å². The van der Waals surface area contributed by atoms with Gasteiger partial charge in [0.15, 0.2) is 0 Å². The standard InChI is InChI=1S/C24H38N4O5S/c1-24(2,3)25-22(29)19-26-11-4-12-27(14-13-26)23(30)10-7-20-5-8-21(9-6-20)34(31,32)28-15-17-33-18-16-28/h5-6,8-9H,4,7,10-19H2,1-3H3,(H,25,29). The van der Waals surface area contributed by atoms with Crippen LogP contribution in [0.4, 0.5) is 0 Å². The second-order valence-corrected chi connectivity index (χ2v) is 11.9. The number of nitrogens with one attached hydrogen (secondary N) is 1. The maximum Gasteiger partial charge on any atom is 0.243 e. The molecule has 1 N–H and O–H groups in total. The van der Waals surface area contributed by atoms with E-state index in [0.717, 1.165) is 18.5 Å². The van der Waals surface area contributed by atoms with Crippen molar-refractivity contribution in [3.05, 3.63) is 29.8 Å².